The standard InChI is InChI=1S/C15H21BrN2O3S/c1-11(15(19)18-8-7-17-12(2)9-18)10-22(20,21)14-5-3-13(16)4-6-14/h3-6,11-12,17H,7-10H2,1-2H3/t11-,12-/m0/s1. The zero-order valence-corrected chi connectivity index (χ0v) is 15.2. The monoisotopic (exact) mass is 388 g/mol. The lowest BCUT2D eigenvalue weighted by atomic mass is 10.1. The second-order valence-corrected chi connectivity index (χ2v) is 8.73. The molecule has 22 heavy (non-hydrogen) atoms. The van der Waals surface area contributed by atoms with E-state index in [-0.39, 0.29) is 22.6 Å². The lowest BCUT2D eigenvalue weighted by Gasteiger charge is -2.33. The van der Waals surface area contributed by atoms with E-state index in [2.05, 4.69) is 21.2 Å². The van der Waals surface area contributed by atoms with Crippen molar-refractivity contribution >= 4 is 31.7 Å². The molecular weight excluding hydrogens is 368 g/mol. The fraction of sp³-hybridized carbons (Fsp3) is 0.533. The van der Waals surface area contributed by atoms with Crippen molar-refractivity contribution in [1.82, 2.24) is 10.2 Å². The van der Waals surface area contributed by atoms with Crippen LogP contribution >= 0.6 is 15.9 Å². The molecule has 1 aliphatic heterocycles. The minimum absolute atomic E-state index is 0.0889. The summed E-state index contributed by atoms with van der Waals surface area (Å²) in [6.45, 7) is 5.71. The number of nitrogens with one attached hydrogen (secondary N) is 1. The Bertz CT molecular complexity index is 631. The number of rotatable bonds is 4. The summed E-state index contributed by atoms with van der Waals surface area (Å²) >= 11 is 3.28. The maximum atomic E-state index is 12.4. The van der Waals surface area contributed by atoms with E-state index in [1.807, 2.05) is 6.92 Å². The third kappa shape index (κ3) is 4.30. The smallest absolute Gasteiger partial charge is 0.226 e. The van der Waals surface area contributed by atoms with Gasteiger partial charge >= 0.3 is 0 Å². The van der Waals surface area contributed by atoms with Crippen LogP contribution in [-0.2, 0) is 14.6 Å². The molecule has 7 heteroatoms. The maximum Gasteiger partial charge on any atom is 0.226 e. The number of hydrogen-bond donors (Lipinski definition) is 1. The molecule has 0 radical (unpaired) electrons. The zero-order valence-electron chi connectivity index (χ0n) is 12.8. The molecule has 1 aromatic rings. The first-order valence-electron chi connectivity index (χ1n) is 7.30. The fourth-order valence-corrected chi connectivity index (χ4v) is 4.39. The molecule has 0 bridgehead atoms. The van der Waals surface area contributed by atoms with Crippen LogP contribution in [-0.4, -0.2) is 50.7 Å². The average molecular weight is 389 g/mol. The van der Waals surface area contributed by atoms with Gasteiger partial charge in [-0.1, -0.05) is 22.9 Å². The molecule has 1 heterocycles. The van der Waals surface area contributed by atoms with Gasteiger partial charge in [-0.25, -0.2) is 8.42 Å². The number of nitrogens with zero attached hydrogens (tertiary/aromatic N) is 1. The summed E-state index contributed by atoms with van der Waals surface area (Å²) in [6, 6.07) is 6.75. The molecule has 2 rings (SSSR count). The molecule has 1 N–H and O–H groups in total. The van der Waals surface area contributed by atoms with Gasteiger partial charge in [0.15, 0.2) is 9.84 Å². The number of sulfone groups is 1. The third-order valence-corrected chi connectivity index (χ3v) is 6.20. The van der Waals surface area contributed by atoms with E-state index in [1.165, 1.54) is 0 Å². The molecule has 0 saturated carbocycles. The number of amides is 1. The van der Waals surface area contributed by atoms with Crippen molar-refractivity contribution in [2.75, 3.05) is 25.4 Å². The molecule has 1 amide bonds. The van der Waals surface area contributed by atoms with Crippen LogP contribution < -0.4 is 5.32 Å². The molecule has 0 aromatic heterocycles. The van der Waals surface area contributed by atoms with Gasteiger partial charge in [-0.3, -0.25) is 4.79 Å². The Morgan fingerprint density at radius 2 is 2.05 bits per heavy atom. The van der Waals surface area contributed by atoms with E-state index in [1.54, 1.807) is 36.1 Å². The zero-order chi connectivity index (χ0) is 16.3. The van der Waals surface area contributed by atoms with Crippen molar-refractivity contribution in [1.29, 1.82) is 0 Å². The van der Waals surface area contributed by atoms with Gasteiger partial charge in [-0.2, -0.15) is 0 Å². The van der Waals surface area contributed by atoms with Crippen molar-refractivity contribution in [3.05, 3.63) is 28.7 Å². The summed E-state index contributed by atoms with van der Waals surface area (Å²) in [5.74, 6) is -0.792. The first-order valence-corrected chi connectivity index (χ1v) is 9.74. The van der Waals surface area contributed by atoms with Crippen molar-refractivity contribution in [2.24, 2.45) is 5.92 Å². The van der Waals surface area contributed by atoms with Gasteiger partial charge in [-0.05, 0) is 31.2 Å². The quantitative estimate of drug-likeness (QED) is 0.851. The minimum atomic E-state index is -3.46. The van der Waals surface area contributed by atoms with Gasteiger partial charge in [0, 0.05) is 36.1 Å². The molecule has 122 valence electrons. The van der Waals surface area contributed by atoms with E-state index < -0.39 is 15.8 Å². The van der Waals surface area contributed by atoms with E-state index >= 15 is 0 Å². The van der Waals surface area contributed by atoms with Crippen LogP contribution in [0, 0.1) is 5.92 Å². The predicted molar refractivity (Wildman–Crippen MR) is 89.4 cm³/mol. The number of benzene rings is 1. The Balaban J connectivity index is 2.05. The van der Waals surface area contributed by atoms with Crippen molar-refractivity contribution < 1.29 is 13.2 Å². The van der Waals surface area contributed by atoms with Gasteiger partial charge in [0.1, 0.15) is 0 Å². The summed E-state index contributed by atoms with van der Waals surface area (Å²) in [5.41, 5.74) is 0. The highest BCUT2D eigenvalue weighted by Gasteiger charge is 2.28. The Kier molecular flexibility index (Phi) is 5.63. The summed E-state index contributed by atoms with van der Waals surface area (Å²) in [5, 5.41) is 3.27. The van der Waals surface area contributed by atoms with Crippen molar-refractivity contribution in [3.8, 4) is 0 Å². The SMILES string of the molecule is C[C@H]1CN(C(=O)[C@@H](C)CS(=O)(=O)c2ccc(Br)cc2)CCN1. The summed E-state index contributed by atoms with van der Waals surface area (Å²) in [4.78, 5) is 14.4. The van der Waals surface area contributed by atoms with Gasteiger partial charge in [0.2, 0.25) is 5.91 Å². The van der Waals surface area contributed by atoms with Gasteiger partial charge in [-0.15, -0.1) is 0 Å². The second kappa shape index (κ2) is 7.10. The topological polar surface area (TPSA) is 66.5 Å². The molecule has 1 saturated heterocycles. The van der Waals surface area contributed by atoms with Crippen molar-refractivity contribution in [3.63, 3.8) is 0 Å². The average Bonchev–Trinajstić information content (AvgIpc) is 2.46. The van der Waals surface area contributed by atoms with Crippen LogP contribution in [0.5, 0.6) is 0 Å². The number of piperazine rings is 1. The lowest BCUT2D eigenvalue weighted by Crippen LogP contribution is -2.53. The largest absolute Gasteiger partial charge is 0.340 e. The Labute approximate surface area is 140 Å². The van der Waals surface area contributed by atoms with Crippen molar-refractivity contribution in [2.45, 2.75) is 24.8 Å². The number of carbonyl (C=O) groups is 1. The summed E-state index contributed by atoms with van der Waals surface area (Å²) in [7, 11) is -3.46. The molecule has 2 atom stereocenters. The Hall–Kier alpha value is -0.920. The van der Waals surface area contributed by atoms with Crippen LogP contribution in [0.4, 0.5) is 0 Å². The summed E-state index contributed by atoms with van der Waals surface area (Å²) in [6.07, 6.45) is 0. The fourth-order valence-electron chi connectivity index (χ4n) is 2.58. The van der Waals surface area contributed by atoms with E-state index in [4.69, 9.17) is 0 Å². The van der Waals surface area contributed by atoms with Gasteiger partial charge < -0.3 is 10.2 Å². The Morgan fingerprint density at radius 1 is 1.41 bits per heavy atom. The van der Waals surface area contributed by atoms with Crippen LogP contribution in [0.15, 0.2) is 33.6 Å². The Morgan fingerprint density at radius 3 is 2.64 bits per heavy atom. The van der Waals surface area contributed by atoms with Crippen LogP contribution in [0.25, 0.3) is 0 Å². The third-order valence-electron chi connectivity index (χ3n) is 3.74. The maximum absolute atomic E-state index is 12.4. The molecule has 1 fully saturated rings. The second-order valence-electron chi connectivity index (χ2n) is 5.78. The highest BCUT2D eigenvalue weighted by Crippen LogP contribution is 2.19. The normalized spacial score (nSPS) is 20.7. The van der Waals surface area contributed by atoms with Crippen LogP contribution in [0.3, 0.4) is 0 Å². The first kappa shape index (κ1) is 17.4. The highest BCUT2D eigenvalue weighted by atomic mass is 79.9. The van der Waals surface area contributed by atoms with Gasteiger partial charge in [0.05, 0.1) is 10.6 Å². The molecule has 0 aliphatic carbocycles. The molecule has 0 spiro atoms. The minimum Gasteiger partial charge on any atom is -0.340 e. The van der Waals surface area contributed by atoms with Crippen LogP contribution in [0.1, 0.15) is 13.8 Å². The molecule has 1 aromatic carbocycles. The molecule has 5 nitrogen and oxygen atoms in total. The van der Waals surface area contributed by atoms with E-state index in [0.29, 0.717) is 13.1 Å². The predicted octanol–water partition coefficient (Wildman–Crippen LogP) is 1.68. The number of halogens is 1. The number of carbonyl (C=O) groups excluding carboxylic acids is 1. The highest BCUT2D eigenvalue weighted by molar-refractivity contribution is 9.10. The van der Waals surface area contributed by atoms with E-state index in [0.717, 1.165) is 11.0 Å². The van der Waals surface area contributed by atoms with E-state index in [9.17, 15) is 13.2 Å². The molecular formula is C15H21BrN2O3S. The summed E-state index contributed by atoms with van der Waals surface area (Å²) < 4.78 is 25.6. The van der Waals surface area contributed by atoms with Crippen LogP contribution in [0.2, 0.25) is 0 Å². The molecule has 1 aliphatic rings. The van der Waals surface area contributed by atoms with Gasteiger partial charge in [0.25, 0.3) is 0 Å². The lowest BCUT2D eigenvalue weighted by molar-refractivity contribution is -0.135. The number of hydrogen-bond acceptors (Lipinski definition) is 4. The first-order chi connectivity index (χ1) is 10.3. The molecule has 0 unspecified atom stereocenters.